The van der Waals surface area contributed by atoms with Crippen molar-refractivity contribution in [2.75, 3.05) is 0 Å². The van der Waals surface area contributed by atoms with Crippen LogP contribution in [0.5, 0.6) is 5.75 Å². The van der Waals surface area contributed by atoms with Crippen molar-refractivity contribution in [3.8, 4) is 5.75 Å². The van der Waals surface area contributed by atoms with E-state index in [1.54, 1.807) is 30.5 Å². The van der Waals surface area contributed by atoms with E-state index < -0.39 is 11.9 Å². The second-order valence-corrected chi connectivity index (χ2v) is 7.59. The molecule has 0 heterocycles. The van der Waals surface area contributed by atoms with Gasteiger partial charge in [-0.05, 0) is 45.3 Å². The first-order valence-corrected chi connectivity index (χ1v) is 10.3. The summed E-state index contributed by atoms with van der Waals surface area (Å²) in [4.78, 5) is 24.4. The van der Waals surface area contributed by atoms with E-state index in [-0.39, 0.29) is 18.1 Å². The number of carbonyl (C=O) groups excluding carboxylic acids is 2. The maximum Gasteiger partial charge on any atom is 0.262 e. The largest absolute Gasteiger partial charge is 0.508 e. The second kappa shape index (κ2) is 9.31. The Morgan fingerprint density at radius 2 is 1.53 bits per heavy atom. The summed E-state index contributed by atoms with van der Waals surface area (Å²) in [6, 6.07) is 23.9. The molecule has 0 aliphatic rings. The van der Waals surface area contributed by atoms with Gasteiger partial charge in [-0.25, -0.2) is 5.43 Å². The number of hydrogen-bond acceptors (Lipinski definition) is 4. The topological polar surface area (TPSA) is 90.8 Å². The van der Waals surface area contributed by atoms with E-state index in [1.807, 2.05) is 48.5 Å². The van der Waals surface area contributed by atoms with Crippen LogP contribution in [-0.2, 0) is 16.0 Å². The summed E-state index contributed by atoms with van der Waals surface area (Å²) in [5, 5.41) is 20.6. The van der Waals surface area contributed by atoms with E-state index in [2.05, 4.69) is 21.9 Å². The maximum absolute atomic E-state index is 12.8. The van der Waals surface area contributed by atoms with Gasteiger partial charge in [0.05, 0.1) is 6.21 Å². The molecule has 4 aromatic rings. The van der Waals surface area contributed by atoms with Gasteiger partial charge < -0.3 is 10.4 Å². The number of nitrogens with zero attached hydrogens (tertiary/aromatic N) is 1. The van der Waals surface area contributed by atoms with Crippen LogP contribution in [0.3, 0.4) is 0 Å². The molecule has 32 heavy (non-hydrogen) atoms. The average molecular weight is 425 g/mol. The zero-order valence-corrected chi connectivity index (χ0v) is 17.6. The lowest BCUT2D eigenvalue weighted by Gasteiger charge is -2.16. The second-order valence-electron chi connectivity index (χ2n) is 7.59. The van der Waals surface area contributed by atoms with Crippen molar-refractivity contribution in [1.82, 2.24) is 10.7 Å². The highest BCUT2D eigenvalue weighted by Crippen LogP contribution is 2.27. The molecular weight excluding hydrogens is 402 g/mol. The van der Waals surface area contributed by atoms with Crippen molar-refractivity contribution in [2.24, 2.45) is 5.10 Å². The van der Waals surface area contributed by atoms with Crippen molar-refractivity contribution in [2.45, 2.75) is 19.4 Å². The van der Waals surface area contributed by atoms with Crippen molar-refractivity contribution >= 4 is 39.6 Å². The van der Waals surface area contributed by atoms with Crippen LogP contribution in [-0.4, -0.2) is 29.2 Å². The standard InChI is InChI=1S/C26H23N3O3/c1-17(30)28-25(14-18-10-12-21(31)13-11-18)26(32)29-27-16-24-22-8-4-2-6-19(22)15-20-7-3-5-9-23(20)24/h2-13,15-16,25,31H,14H2,1H3,(H,28,30)(H,29,32)/b27-16-/t25-/m1/s1. The number of carbonyl (C=O) groups is 2. The molecular formula is C26H23N3O3. The summed E-state index contributed by atoms with van der Waals surface area (Å²) in [6.45, 7) is 1.36. The fraction of sp³-hybridized carbons (Fsp3) is 0.115. The summed E-state index contributed by atoms with van der Waals surface area (Å²) >= 11 is 0. The number of hydrogen-bond donors (Lipinski definition) is 3. The minimum Gasteiger partial charge on any atom is -0.508 e. The summed E-state index contributed by atoms with van der Waals surface area (Å²) in [5.41, 5.74) is 4.28. The molecule has 2 amide bonds. The highest BCUT2D eigenvalue weighted by atomic mass is 16.3. The molecule has 0 radical (unpaired) electrons. The first-order chi connectivity index (χ1) is 15.5. The minimum absolute atomic E-state index is 0.140. The number of hydrazone groups is 1. The van der Waals surface area contributed by atoms with E-state index in [1.165, 1.54) is 6.92 Å². The smallest absolute Gasteiger partial charge is 0.262 e. The minimum atomic E-state index is -0.793. The van der Waals surface area contributed by atoms with Crippen molar-refractivity contribution in [1.29, 1.82) is 0 Å². The third-order valence-corrected chi connectivity index (χ3v) is 5.25. The third kappa shape index (κ3) is 4.75. The molecule has 4 rings (SSSR count). The highest BCUT2D eigenvalue weighted by Gasteiger charge is 2.19. The van der Waals surface area contributed by atoms with Crippen LogP contribution in [0.15, 0.2) is 84.0 Å². The van der Waals surface area contributed by atoms with Crippen LogP contribution in [0.25, 0.3) is 21.5 Å². The fourth-order valence-electron chi connectivity index (χ4n) is 3.75. The van der Waals surface area contributed by atoms with Crippen LogP contribution in [0.2, 0.25) is 0 Å². The molecule has 0 unspecified atom stereocenters. The lowest BCUT2D eigenvalue weighted by molar-refractivity contribution is -0.128. The van der Waals surface area contributed by atoms with Gasteiger partial charge in [0.1, 0.15) is 11.8 Å². The number of amides is 2. The molecule has 0 bridgehead atoms. The van der Waals surface area contributed by atoms with Gasteiger partial charge in [0.2, 0.25) is 5.91 Å². The Morgan fingerprint density at radius 1 is 0.938 bits per heavy atom. The average Bonchev–Trinajstić information content (AvgIpc) is 2.79. The van der Waals surface area contributed by atoms with Crippen LogP contribution in [0.1, 0.15) is 18.1 Å². The Hall–Kier alpha value is -4.19. The maximum atomic E-state index is 12.8. The summed E-state index contributed by atoms with van der Waals surface area (Å²) in [6.07, 6.45) is 1.92. The molecule has 0 saturated heterocycles. The molecule has 0 spiro atoms. The van der Waals surface area contributed by atoms with Gasteiger partial charge in [0, 0.05) is 18.9 Å². The molecule has 160 valence electrons. The zero-order chi connectivity index (χ0) is 22.5. The quantitative estimate of drug-likeness (QED) is 0.249. The number of nitrogens with one attached hydrogen (secondary N) is 2. The van der Waals surface area contributed by atoms with Gasteiger partial charge in [0.15, 0.2) is 0 Å². The zero-order valence-electron chi connectivity index (χ0n) is 17.6. The van der Waals surface area contributed by atoms with Crippen molar-refractivity contribution < 1.29 is 14.7 Å². The lowest BCUT2D eigenvalue weighted by Crippen LogP contribution is -2.46. The molecule has 0 aliphatic heterocycles. The van der Waals surface area contributed by atoms with Gasteiger partial charge in [-0.1, -0.05) is 60.7 Å². The summed E-state index contributed by atoms with van der Waals surface area (Å²) in [7, 11) is 0. The predicted octanol–water partition coefficient (Wildman–Crippen LogP) is 3.90. The Bertz CT molecular complexity index is 1260. The summed E-state index contributed by atoms with van der Waals surface area (Å²) in [5.74, 6) is -0.594. The Morgan fingerprint density at radius 3 is 2.12 bits per heavy atom. The van der Waals surface area contributed by atoms with Gasteiger partial charge in [-0.15, -0.1) is 0 Å². The highest BCUT2D eigenvalue weighted by molar-refractivity contribution is 6.13. The summed E-state index contributed by atoms with van der Waals surface area (Å²) < 4.78 is 0. The molecule has 0 aliphatic carbocycles. The monoisotopic (exact) mass is 425 g/mol. The number of phenols is 1. The number of benzene rings is 4. The number of aromatic hydroxyl groups is 1. The Kier molecular flexibility index (Phi) is 6.12. The van der Waals surface area contributed by atoms with Crippen LogP contribution in [0.4, 0.5) is 0 Å². The molecule has 0 aromatic heterocycles. The van der Waals surface area contributed by atoms with Gasteiger partial charge in [-0.2, -0.15) is 5.10 Å². The molecule has 3 N–H and O–H groups in total. The van der Waals surface area contributed by atoms with Crippen LogP contribution >= 0.6 is 0 Å². The SMILES string of the molecule is CC(=O)N[C@H](Cc1ccc(O)cc1)C(=O)N/N=C\c1c2ccccc2cc2ccccc12. The van der Waals surface area contributed by atoms with Crippen LogP contribution < -0.4 is 10.7 Å². The van der Waals surface area contributed by atoms with E-state index >= 15 is 0 Å². The van der Waals surface area contributed by atoms with Gasteiger partial charge in [0.25, 0.3) is 5.91 Å². The number of phenolic OH excluding ortho intramolecular Hbond substituents is 1. The molecule has 0 saturated carbocycles. The molecule has 1 atom stereocenters. The molecule has 6 nitrogen and oxygen atoms in total. The first-order valence-electron chi connectivity index (χ1n) is 10.3. The van der Waals surface area contributed by atoms with Crippen molar-refractivity contribution in [3.05, 3.63) is 90.0 Å². The third-order valence-electron chi connectivity index (χ3n) is 5.25. The fourth-order valence-corrected chi connectivity index (χ4v) is 3.75. The normalized spacial score (nSPS) is 12.2. The van der Waals surface area contributed by atoms with Crippen molar-refractivity contribution in [3.63, 3.8) is 0 Å². The van der Waals surface area contributed by atoms with Gasteiger partial charge >= 0.3 is 0 Å². The predicted molar refractivity (Wildman–Crippen MR) is 127 cm³/mol. The Labute approximate surface area is 185 Å². The van der Waals surface area contributed by atoms with E-state index in [4.69, 9.17) is 0 Å². The molecule has 0 fully saturated rings. The van der Waals surface area contributed by atoms with E-state index in [0.717, 1.165) is 32.7 Å². The Balaban J connectivity index is 1.58. The van der Waals surface area contributed by atoms with E-state index in [9.17, 15) is 14.7 Å². The number of rotatable bonds is 6. The van der Waals surface area contributed by atoms with Crippen LogP contribution in [0, 0.1) is 0 Å². The molecule has 6 heteroatoms. The number of fused-ring (bicyclic) bond motifs is 2. The van der Waals surface area contributed by atoms with Gasteiger partial charge in [-0.3, -0.25) is 9.59 Å². The molecule has 4 aromatic carbocycles. The first kappa shape index (κ1) is 21.1. The lowest BCUT2D eigenvalue weighted by atomic mass is 9.97. The van der Waals surface area contributed by atoms with E-state index in [0.29, 0.717) is 0 Å².